The number of carbonyl (C=O) groups is 1. The van der Waals surface area contributed by atoms with Crippen LogP contribution in [-0.2, 0) is 4.79 Å². The first-order valence-corrected chi connectivity index (χ1v) is 8.92. The van der Waals surface area contributed by atoms with Crippen LogP contribution in [-0.4, -0.2) is 57.4 Å². The van der Waals surface area contributed by atoms with Gasteiger partial charge in [-0.2, -0.15) is 0 Å². The minimum atomic E-state index is 0.0680. The van der Waals surface area contributed by atoms with Crippen LogP contribution in [0.3, 0.4) is 0 Å². The molecule has 0 saturated carbocycles. The normalized spacial score (nSPS) is 17.7. The molecule has 3 heterocycles. The standard InChI is InChI=1S/C19H27N5O/c1-14(2)19-20-10-12-24(19)17-9-5-7-15(21-17)16-8-6-11-23(16)18(25)13-22(3)4/h5,7,9-10,12,14,16H,6,8,11,13H2,1-4H3/t16-/m0/s1. The van der Waals surface area contributed by atoms with Crippen LogP contribution in [0, 0.1) is 0 Å². The van der Waals surface area contributed by atoms with Crippen LogP contribution in [0.4, 0.5) is 0 Å². The van der Waals surface area contributed by atoms with Gasteiger partial charge in [0.2, 0.25) is 5.91 Å². The number of aromatic nitrogens is 3. The van der Waals surface area contributed by atoms with Gasteiger partial charge in [0.15, 0.2) is 0 Å². The molecule has 1 saturated heterocycles. The van der Waals surface area contributed by atoms with E-state index in [1.807, 2.05) is 59.1 Å². The van der Waals surface area contributed by atoms with E-state index in [0.29, 0.717) is 12.5 Å². The van der Waals surface area contributed by atoms with Crippen molar-refractivity contribution in [1.82, 2.24) is 24.3 Å². The molecule has 1 aliphatic rings. The molecule has 1 amide bonds. The molecule has 2 aromatic heterocycles. The molecule has 6 nitrogen and oxygen atoms in total. The minimum Gasteiger partial charge on any atom is -0.333 e. The monoisotopic (exact) mass is 341 g/mol. The molecular formula is C19H27N5O. The maximum Gasteiger partial charge on any atom is 0.237 e. The van der Waals surface area contributed by atoms with E-state index in [1.165, 1.54) is 0 Å². The summed E-state index contributed by atoms with van der Waals surface area (Å²) in [5, 5.41) is 0. The predicted molar refractivity (Wildman–Crippen MR) is 97.7 cm³/mol. The Bertz CT molecular complexity index is 737. The van der Waals surface area contributed by atoms with Crippen LogP contribution in [0.15, 0.2) is 30.6 Å². The molecule has 0 aliphatic carbocycles. The van der Waals surface area contributed by atoms with E-state index in [0.717, 1.165) is 36.7 Å². The summed E-state index contributed by atoms with van der Waals surface area (Å²) in [6.07, 6.45) is 5.76. The predicted octanol–water partition coefficient (Wildman–Crippen LogP) is 2.62. The average molecular weight is 341 g/mol. The van der Waals surface area contributed by atoms with E-state index < -0.39 is 0 Å². The minimum absolute atomic E-state index is 0.0680. The lowest BCUT2D eigenvalue weighted by atomic mass is 10.1. The molecule has 6 heteroatoms. The summed E-state index contributed by atoms with van der Waals surface area (Å²) in [6.45, 7) is 5.50. The summed E-state index contributed by atoms with van der Waals surface area (Å²) in [5.74, 6) is 2.36. The fourth-order valence-corrected chi connectivity index (χ4v) is 3.43. The second-order valence-electron chi connectivity index (χ2n) is 7.21. The molecule has 3 rings (SSSR count). The van der Waals surface area contributed by atoms with Gasteiger partial charge in [-0.15, -0.1) is 0 Å². The molecular weight excluding hydrogens is 314 g/mol. The third kappa shape index (κ3) is 3.74. The van der Waals surface area contributed by atoms with Gasteiger partial charge >= 0.3 is 0 Å². The van der Waals surface area contributed by atoms with Crippen molar-refractivity contribution in [3.8, 4) is 5.82 Å². The number of imidazole rings is 1. The van der Waals surface area contributed by atoms with E-state index in [-0.39, 0.29) is 11.9 Å². The lowest BCUT2D eigenvalue weighted by molar-refractivity contribution is -0.132. The van der Waals surface area contributed by atoms with Crippen molar-refractivity contribution in [2.24, 2.45) is 0 Å². The van der Waals surface area contributed by atoms with Gasteiger partial charge in [-0.1, -0.05) is 19.9 Å². The number of nitrogens with zero attached hydrogens (tertiary/aromatic N) is 5. The van der Waals surface area contributed by atoms with Gasteiger partial charge < -0.3 is 9.80 Å². The van der Waals surface area contributed by atoms with Crippen molar-refractivity contribution < 1.29 is 4.79 Å². The van der Waals surface area contributed by atoms with E-state index in [9.17, 15) is 4.79 Å². The largest absolute Gasteiger partial charge is 0.333 e. The summed E-state index contributed by atoms with van der Waals surface area (Å²) in [6, 6.07) is 6.12. The third-order valence-electron chi connectivity index (χ3n) is 4.55. The fraction of sp³-hybridized carbons (Fsp3) is 0.526. The molecule has 134 valence electrons. The number of likely N-dealkylation sites (N-methyl/N-ethyl adjacent to an activating group) is 1. The number of amides is 1. The Balaban J connectivity index is 1.88. The zero-order valence-electron chi connectivity index (χ0n) is 15.5. The highest BCUT2D eigenvalue weighted by Gasteiger charge is 2.31. The highest BCUT2D eigenvalue weighted by Crippen LogP contribution is 2.31. The molecule has 0 spiro atoms. The number of rotatable bonds is 5. The van der Waals surface area contributed by atoms with E-state index >= 15 is 0 Å². The maximum absolute atomic E-state index is 12.5. The summed E-state index contributed by atoms with van der Waals surface area (Å²) in [7, 11) is 3.85. The summed E-state index contributed by atoms with van der Waals surface area (Å²) >= 11 is 0. The van der Waals surface area contributed by atoms with Gasteiger partial charge in [0, 0.05) is 24.9 Å². The van der Waals surface area contributed by atoms with Crippen LogP contribution in [0.25, 0.3) is 5.82 Å². The van der Waals surface area contributed by atoms with Gasteiger partial charge in [0.05, 0.1) is 18.3 Å². The van der Waals surface area contributed by atoms with Crippen LogP contribution < -0.4 is 0 Å². The van der Waals surface area contributed by atoms with E-state index in [1.54, 1.807) is 0 Å². The topological polar surface area (TPSA) is 54.3 Å². The fourth-order valence-electron chi connectivity index (χ4n) is 3.43. The number of carbonyl (C=O) groups excluding carboxylic acids is 1. The summed E-state index contributed by atoms with van der Waals surface area (Å²) in [4.78, 5) is 25.7. The molecule has 0 N–H and O–H groups in total. The smallest absolute Gasteiger partial charge is 0.237 e. The first-order chi connectivity index (χ1) is 12.0. The van der Waals surface area contributed by atoms with Gasteiger partial charge in [0.25, 0.3) is 0 Å². The first-order valence-electron chi connectivity index (χ1n) is 8.92. The van der Waals surface area contributed by atoms with Gasteiger partial charge in [-0.25, -0.2) is 9.97 Å². The van der Waals surface area contributed by atoms with Crippen molar-refractivity contribution >= 4 is 5.91 Å². The number of hydrogen-bond acceptors (Lipinski definition) is 4. The van der Waals surface area contributed by atoms with Crippen LogP contribution >= 0.6 is 0 Å². The first kappa shape index (κ1) is 17.6. The highest BCUT2D eigenvalue weighted by atomic mass is 16.2. The molecule has 1 atom stereocenters. The van der Waals surface area contributed by atoms with Crippen LogP contribution in [0.5, 0.6) is 0 Å². The van der Waals surface area contributed by atoms with Crippen molar-refractivity contribution in [1.29, 1.82) is 0 Å². The zero-order valence-corrected chi connectivity index (χ0v) is 15.5. The summed E-state index contributed by atoms with van der Waals surface area (Å²) in [5.41, 5.74) is 0.963. The second kappa shape index (κ2) is 7.35. The molecule has 2 aromatic rings. The quantitative estimate of drug-likeness (QED) is 0.839. The van der Waals surface area contributed by atoms with Crippen molar-refractivity contribution in [3.05, 3.63) is 42.1 Å². The van der Waals surface area contributed by atoms with Crippen molar-refractivity contribution in [2.45, 2.75) is 38.6 Å². The highest BCUT2D eigenvalue weighted by molar-refractivity contribution is 5.79. The van der Waals surface area contributed by atoms with Crippen LogP contribution in [0.2, 0.25) is 0 Å². The Morgan fingerprint density at radius 2 is 2.16 bits per heavy atom. The number of pyridine rings is 1. The van der Waals surface area contributed by atoms with E-state index in [4.69, 9.17) is 4.98 Å². The number of likely N-dealkylation sites (tertiary alicyclic amines) is 1. The van der Waals surface area contributed by atoms with Gasteiger partial charge in [-0.3, -0.25) is 9.36 Å². The van der Waals surface area contributed by atoms with Gasteiger partial charge in [-0.05, 0) is 39.1 Å². The molecule has 0 radical (unpaired) electrons. The number of hydrogen-bond donors (Lipinski definition) is 0. The Labute approximate surface area is 149 Å². The average Bonchev–Trinajstić information content (AvgIpc) is 3.23. The Kier molecular flexibility index (Phi) is 5.18. The zero-order chi connectivity index (χ0) is 18.0. The van der Waals surface area contributed by atoms with Gasteiger partial charge in [0.1, 0.15) is 11.6 Å². The SMILES string of the molecule is CC(C)c1nccn1-c1cccc([C@@H]2CCCN2C(=O)CN(C)C)n1. The molecule has 0 aromatic carbocycles. The lowest BCUT2D eigenvalue weighted by Crippen LogP contribution is -2.37. The summed E-state index contributed by atoms with van der Waals surface area (Å²) < 4.78 is 2.04. The molecule has 1 aliphatic heterocycles. The van der Waals surface area contributed by atoms with E-state index in [2.05, 4.69) is 18.8 Å². The lowest BCUT2D eigenvalue weighted by Gasteiger charge is -2.26. The third-order valence-corrected chi connectivity index (χ3v) is 4.55. The molecule has 25 heavy (non-hydrogen) atoms. The van der Waals surface area contributed by atoms with Crippen molar-refractivity contribution in [2.75, 3.05) is 27.2 Å². The van der Waals surface area contributed by atoms with Crippen molar-refractivity contribution in [3.63, 3.8) is 0 Å². The molecule has 1 fully saturated rings. The second-order valence-corrected chi connectivity index (χ2v) is 7.21. The molecule has 0 unspecified atom stereocenters. The Morgan fingerprint density at radius 3 is 2.88 bits per heavy atom. The molecule has 0 bridgehead atoms. The van der Waals surface area contributed by atoms with Crippen LogP contribution in [0.1, 0.15) is 50.2 Å². The Morgan fingerprint density at radius 1 is 1.36 bits per heavy atom. The Hall–Kier alpha value is -2.21. The maximum atomic E-state index is 12.5.